The fourth-order valence-electron chi connectivity index (χ4n) is 5.98. The Morgan fingerprint density at radius 3 is 2.82 bits per heavy atom. The Hall–Kier alpha value is -3.16. The van der Waals surface area contributed by atoms with Crippen molar-refractivity contribution in [1.29, 1.82) is 0 Å². The summed E-state index contributed by atoms with van der Waals surface area (Å²) < 4.78 is 0. The molecule has 174 valence electrons. The largest absolute Gasteiger partial charge is 0.356 e. The van der Waals surface area contributed by atoms with Gasteiger partial charge in [0.05, 0.1) is 6.04 Å². The topological polar surface area (TPSA) is 111 Å². The summed E-state index contributed by atoms with van der Waals surface area (Å²) >= 11 is 0. The van der Waals surface area contributed by atoms with E-state index < -0.39 is 12.1 Å². The van der Waals surface area contributed by atoms with Crippen molar-refractivity contribution in [3.63, 3.8) is 0 Å². The number of hydrogen-bond donors (Lipinski definition) is 3. The molecule has 2 saturated heterocycles. The number of likely N-dealkylation sites (tertiary alicyclic amines) is 1. The maximum absolute atomic E-state index is 13.5. The Labute approximate surface area is 192 Å². The van der Waals surface area contributed by atoms with Gasteiger partial charge in [-0.1, -0.05) is 24.6 Å². The first-order valence-electron chi connectivity index (χ1n) is 12.0. The van der Waals surface area contributed by atoms with E-state index in [0.29, 0.717) is 37.4 Å². The highest BCUT2D eigenvalue weighted by Crippen LogP contribution is 2.43. The van der Waals surface area contributed by atoms with E-state index in [4.69, 9.17) is 0 Å². The van der Waals surface area contributed by atoms with Crippen molar-refractivity contribution < 1.29 is 19.2 Å². The molecule has 3 fully saturated rings. The summed E-state index contributed by atoms with van der Waals surface area (Å²) in [5, 5.41) is 6.64. The van der Waals surface area contributed by atoms with Gasteiger partial charge in [0.1, 0.15) is 18.0 Å². The summed E-state index contributed by atoms with van der Waals surface area (Å²) in [6.45, 7) is 1.21. The number of carbonyl (C=O) groups excluding carboxylic acids is 4. The maximum atomic E-state index is 13.5. The highest BCUT2D eigenvalue weighted by atomic mass is 16.2. The van der Waals surface area contributed by atoms with Crippen molar-refractivity contribution in [3.8, 4) is 0 Å². The van der Waals surface area contributed by atoms with Crippen LogP contribution in [0.3, 0.4) is 0 Å². The van der Waals surface area contributed by atoms with E-state index in [1.165, 1.54) is 0 Å². The molecule has 1 aromatic carbocycles. The van der Waals surface area contributed by atoms with Gasteiger partial charge < -0.3 is 25.3 Å². The minimum absolute atomic E-state index is 0.0605. The third-order valence-corrected chi connectivity index (χ3v) is 7.61. The van der Waals surface area contributed by atoms with Gasteiger partial charge in [0.15, 0.2) is 0 Å². The molecule has 3 aliphatic rings. The van der Waals surface area contributed by atoms with Crippen LogP contribution in [0.25, 0.3) is 10.9 Å². The summed E-state index contributed by atoms with van der Waals surface area (Å²) in [6, 6.07) is 8.20. The van der Waals surface area contributed by atoms with Crippen LogP contribution >= 0.6 is 0 Å². The van der Waals surface area contributed by atoms with E-state index in [9.17, 15) is 19.2 Å². The van der Waals surface area contributed by atoms with Gasteiger partial charge in [0, 0.05) is 29.9 Å². The Bertz CT molecular complexity index is 1050. The van der Waals surface area contributed by atoms with Crippen LogP contribution in [-0.2, 0) is 14.4 Å². The first-order valence-corrected chi connectivity index (χ1v) is 12.0. The molecule has 5 rings (SSSR count). The van der Waals surface area contributed by atoms with E-state index in [-0.39, 0.29) is 36.0 Å². The number of aldehydes is 1. The van der Waals surface area contributed by atoms with Gasteiger partial charge in [-0.3, -0.25) is 14.4 Å². The minimum Gasteiger partial charge on any atom is -0.356 e. The van der Waals surface area contributed by atoms with Crippen molar-refractivity contribution in [2.75, 3.05) is 13.1 Å². The zero-order chi connectivity index (χ0) is 22.9. The van der Waals surface area contributed by atoms with Gasteiger partial charge in [0.25, 0.3) is 5.91 Å². The molecule has 3 heterocycles. The zero-order valence-electron chi connectivity index (χ0n) is 18.6. The molecule has 0 spiro atoms. The molecule has 1 saturated carbocycles. The van der Waals surface area contributed by atoms with Crippen LogP contribution in [0.15, 0.2) is 30.3 Å². The molecule has 2 aliphatic heterocycles. The minimum atomic E-state index is -0.739. The van der Waals surface area contributed by atoms with Gasteiger partial charge in [-0.2, -0.15) is 0 Å². The normalized spacial score (nSPS) is 27.8. The molecule has 2 aromatic rings. The summed E-state index contributed by atoms with van der Waals surface area (Å²) in [6.07, 6.45) is 5.54. The average molecular weight is 451 g/mol. The van der Waals surface area contributed by atoms with Crippen LogP contribution in [0.4, 0.5) is 0 Å². The SMILES string of the molecule is O=C[C@H](C[C@@H]1CCCNC1=O)NC(=O)[C@@H]1[C@H]2CCC[C@H]2CN1C(=O)c1cc2ccccc2[nH]1. The van der Waals surface area contributed by atoms with Gasteiger partial charge in [0.2, 0.25) is 11.8 Å². The van der Waals surface area contributed by atoms with E-state index in [2.05, 4.69) is 15.6 Å². The average Bonchev–Trinajstić information content (AvgIpc) is 3.53. The second-order valence-electron chi connectivity index (χ2n) is 9.64. The van der Waals surface area contributed by atoms with Crippen LogP contribution in [-0.4, -0.2) is 59.1 Å². The molecule has 8 heteroatoms. The quantitative estimate of drug-likeness (QED) is 0.585. The van der Waals surface area contributed by atoms with Crippen molar-refractivity contribution in [2.24, 2.45) is 17.8 Å². The number of benzene rings is 1. The van der Waals surface area contributed by atoms with Gasteiger partial charge in [-0.05, 0) is 56.1 Å². The number of carbonyl (C=O) groups is 4. The van der Waals surface area contributed by atoms with Crippen LogP contribution in [0.5, 0.6) is 0 Å². The molecule has 0 bridgehead atoms. The predicted octanol–water partition coefficient (Wildman–Crippen LogP) is 2.01. The summed E-state index contributed by atoms with van der Waals surface area (Å²) in [5.74, 6) is -0.412. The molecule has 1 aromatic heterocycles. The molecule has 3 N–H and O–H groups in total. The van der Waals surface area contributed by atoms with E-state index in [0.717, 1.165) is 36.6 Å². The smallest absolute Gasteiger partial charge is 0.271 e. The van der Waals surface area contributed by atoms with Crippen molar-refractivity contribution in [3.05, 3.63) is 36.0 Å². The predicted molar refractivity (Wildman–Crippen MR) is 122 cm³/mol. The molecule has 33 heavy (non-hydrogen) atoms. The lowest BCUT2D eigenvalue weighted by atomic mass is 9.91. The molecule has 0 radical (unpaired) electrons. The highest BCUT2D eigenvalue weighted by Gasteiger charge is 2.50. The number of nitrogens with one attached hydrogen (secondary N) is 3. The number of aromatic nitrogens is 1. The second-order valence-corrected chi connectivity index (χ2v) is 9.64. The van der Waals surface area contributed by atoms with E-state index in [1.54, 1.807) is 4.90 Å². The maximum Gasteiger partial charge on any atom is 0.271 e. The third kappa shape index (κ3) is 4.14. The summed E-state index contributed by atoms with van der Waals surface area (Å²) in [5.41, 5.74) is 1.35. The Balaban J connectivity index is 1.34. The third-order valence-electron chi connectivity index (χ3n) is 7.61. The molecular weight excluding hydrogens is 420 g/mol. The molecule has 5 atom stereocenters. The summed E-state index contributed by atoms with van der Waals surface area (Å²) in [4.78, 5) is 55.6. The Kier molecular flexibility index (Phi) is 5.91. The number of rotatable bonds is 6. The molecular formula is C25H30N4O4. The second kappa shape index (κ2) is 9.00. The van der Waals surface area contributed by atoms with Gasteiger partial charge in [-0.25, -0.2) is 0 Å². The molecule has 0 unspecified atom stereocenters. The number of H-pyrrole nitrogens is 1. The van der Waals surface area contributed by atoms with E-state index in [1.807, 2.05) is 30.3 Å². The number of nitrogens with zero attached hydrogens (tertiary/aromatic N) is 1. The number of para-hydroxylation sites is 1. The Morgan fingerprint density at radius 1 is 1.18 bits per heavy atom. The highest BCUT2D eigenvalue weighted by molar-refractivity contribution is 6.01. The fraction of sp³-hybridized carbons (Fsp3) is 0.520. The number of aromatic amines is 1. The van der Waals surface area contributed by atoms with Crippen LogP contribution in [0, 0.1) is 17.8 Å². The number of fused-ring (bicyclic) bond motifs is 2. The molecule has 1 aliphatic carbocycles. The standard InChI is InChI=1S/C25H30N4O4/c30-14-18(11-16-7-4-10-26-23(16)31)27-24(32)22-19-8-3-6-17(19)13-29(22)25(33)21-12-15-5-1-2-9-20(15)28-21/h1-2,5,9,12,14,16-19,22,28H,3-4,6-8,10-11,13H2,(H,26,31)(H,27,32)/t16-,17-,18-,19-,22-/m0/s1. The first-order chi connectivity index (χ1) is 16.0. The monoisotopic (exact) mass is 450 g/mol. The van der Waals surface area contributed by atoms with Crippen LogP contribution in [0.1, 0.15) is 49.0 Å². The lowest BCUT2D eigenvalue weighted by Crippen LogP contribution is -2.52. The van der Waals surface area contributed by atoms with Crippen molar-refractivity contribution in [1.82, 2.24) is 20.5 Å². The van der Waals surface area contributed by atoms with Crippen LogP contribution in [0.2, 0.25) is 0 Å². The van der Waals surface area contributed by atoms with Crippen molar-refractivity contribution in [2.45, 2.75) is 50.6 Å². The number of piperidine rings is 1. The number of amides is 3. The number of hydrogen-bond acceptors (Lipinski definition) is 4. The fourth-order valence-corrected chi connectivity index (χ4v) is 5.98. The molecule has 3 amide bonds. The molecule has 8 nitrogen and oxygen atoms in total. The van der Waals surface area contributed by atoms with Gasteiger partial charge in [-0.15, -0.1) is 0 Å². The van der Waals surface area contributed by atoms with Gasteiger partial charge >= 0.3 is 0 Å². The first kappa shape index (κ1) is 21.7. The Morgan fingerprint density at radius 2 is 2.03 bits per heavy atom. The van der Waals surface area contributed by atoms with Crippen LogP contribution < -0.4 is 10.6 Å². The lowest BCUT2D eigenvalue weighted by molar-refractivity contribution is -0.130. The zero-order valence-corrected chi connectivity index (χ0v) is 18.6. The lowest BCUT2D eigenvalue weighted by Gasteiger charge is -2.29. The van der Waals surface area contributed by atoms with Crippen molar-refractivity contribution >= 4 is 34.9 Å². The van der Waals surface area contributed by atoms with E-state index >= 15 is 0 Å². The summed E-state index contributed by atoms with van der Waals surface area (Å²) in [7, 11) is 0.